The first-order valence-electron chi connectivity index (χ1n) is 6.76. The number of rotatable bonds is 3. The first-order valence-corrected chi connectivity index (χ1v) is 6.76. The van der Waals surface area contributed by atoms with Crippen LogP contribution in [0.2, 0.25) is 0 Å². The van der Waals surface area contributed by atoms with Crippen LogP contribution in [-0.2, 0) is 9.53 Å². The highest BCUT2D eigenvalue weighted by Gasteiger charge is 2.48. The monoisotopic (exact) mass is 224 g/mol. The van der Waals surface area contributed by atoms with Crippen LogP contribution in [0.4, 0.5) is 0 Å². The summed E-state index contributed by atoms with van der Waals surface area (Å²) in [6.45, 7) is 6.64. The lowest BCUT2D eigenvalue weighted by Gasteiger charge is -2.39. The molecule has 4 atom stereocenters. The van der Waals surface area contributed by atoms with Crippen LogP contribution >= 0.6 is 0 Å². The van der Waals surface area contributed by atoms with Crippen LogP contribution in [0.3, 0.4) is 0 Å². The van der Waals surface area contributed by atoms with Crippen LogP contribution in [0, 0.1) is 17.3 Å². The summed E-state index contributed by atoms with van der Waals surface area (Å²) in [4.78, 5) is 11.5. The molecule has 0 aromatic carbocycles. The number of esters is 1. The number of unbranched alkanes of at least 4 members (excludes halogenated alkanes) is 1. The summed E-state index contributed by atoms with van der Waals surface area (Å²) in [5.74, 6) is 0.678. The van der Waals surface area contributed by atoms with Gasteiger partial charge >= 0.3 is 5.97 Å². The molecule has 2 heteroatoms. The van der Waals surface area contributed by atoms with E-state index in [0.717, 1.165) is 6.42 Å². The Bertz CT molecular complexity index is 274. The van der Waals surface area contributed by atoms with Crippen molar-refractivity contribution in [3.63, 3.8) is 0 Å². The molecule has 0 spiro atoms. The standard InChI is InChI=1S/C14H24O2/c1-4-5-7-14(3)8-6-11-10(2)13(15)16-12(11)9-14/h10-12H,4-9H2,1-3H3/t10?,11-,12-,14?/m1/s1. The van der Waals surface area contributed by atoms with Crippen molar-refractivity contribution in [2.45, 2.75) is 65.4 Å². The van der Waals surface area contributed by atoms with Crippen molar-refractivity contribution in [2.24, 2.45) is 17.3 Å². The van der Waals surface area contributed by atoms with E-state index in [0.29, 0.717) is 11.3 Å². The van der Waals surface area contributed by atoms with E-state index in [1.54, 1.807) is 0 Å². The summed E-state index contributed by atoms with van der Waals surface area (Å²) < 4.78 is 5.51. The summed E-state index contributed by atoms with van der Waals surface area (Å²) in [6.07, 6.45) is 7.62. The van der Waals surface area contributed by atoms with E-state index in [4.69, 9.17) is 4.74 Å². The minimum Gasteiger partial charge on any atom is -0.462 e. The Morgan fingerprint density at radius 1 is 1.50 bits per heavy atom. The summed E-state index contributed by atoms with van der Waals surface area (Å²) in [6, 6.07) is 0. The summed E-state index contributed by atoms with van der Waals surface area (Å²) in [5, 5.41) is 0. The van der Waals surface area contributed by atoms with Crippen LogP contribution in [0.1, 0.15) is 59.3 Å². The summed E-state index contributed by atoms with van der Waals surface area (Å²) >= 11 is 0. The predicted molar refractivity (Wildman–Crippen MR) is 64.0 cm³/mol. The van der Waals surface area contributed by atoms with Gasteiger partial charge in [-0.15, -0.1) is 0 Å². The fourth-order valence-electron chi connectivity index (χ4n) is 3.40. The van der Waals surface area contributed by atoms with Gasteiger partial charge in [0.2, 0.25) is 0 Å². The Hall–Kier alpha value is -0.530. The van der Waals surface area contributed by atoms with Crippen molar-refractivity contribution in [1.29, 1.82) is 0 Å². The van der Waals surface area contributed by atoms with Crippen molar-refractivity contribution in [3.8, 4) is 0 Å². The number of ether oxygens (including phenoxy) is 1. The van der Waals surface area contributed by atoms with Gasteiger partial charge in [0.15, 0.2) is 0 Å². The minimum absolute atomic E-state index is 0.0368. The van der Waals surface area contributed by atoms with Crippen molar-refractivity contribution >= 4 is 5.97 Å². The van der Waals surface area contributed by atoms with E-state index < -0.39 is 0 Å². The van der Waals surface area contributed by atoms with E-state index in [2.05, 4.69) is 13.8 Å². The molecule has 0 N–H and O–H groups in total. The second-order valence-electron chi connectivity index (χ2n) is 6.08. The molecule has 0 bridgehead atoms. The number of hydrogen-bond donors (Lipinski definition) is 0. The Morgan fingerprint density at radius 3 is 2.94 bits per heavy atom. The highest BCUT2D eigenvalue weighted by molar-refractivity contribution is 5.74. The Morgan fingerprint density at radius 2 is 2.25 bits per heavy atom. The molecule has 1 aliphatic heterocycles. The highest BCUT2D eigenvalue weighted by atomic mass is 16.6. The van der Waals surface area contributed by atoms with Gasteiger partial charge in [-0.05, 0) is 31.1 Å². The van der Waals surface area contributed by atoms with Gasteiger partial charge in [0.05, 0.1) is 5.92 Å². The van der Waals surface area contributed by atoms with Crippen molar-refractivity contribution < 1.29 is 9.53 Å². The lowest BCUT2D eigenvalue weighted by Crippen LogP contribution is -2.34. The van der Waals surface area contributed by atoms with Crippen LogP contribution in [0.25, 0.3) is 0 Å². The van der Waals surface area contributed by atoms with Crippen LogP contribution in [0.5, 0.6) is 0 Å². The van der Waals surface area contributed by atoms with Crippen molar-refractivity contribution in [1.82, 2.24) is 0 Å². The van der Waals surface area contributed by atoms with Gasteiger partial charge < -0.3 is 4.74 Å². The van der Waals surface area contributed by atoms with E-state index in [1.165, 1.54) is 32.1 Å². The van der Waals surface area contributed by atoms with Crippen molar-refractivity contribution in [3.05, 3.63) is 0 Å². The Kier molecular flexibility index (Phi) is 3.27. The van der Waals surface area contributed by atoms with Gasteiger partial charge in [-0.2, -0.15) is 0 Å². The Labute approximate surface area is 98.7 Å². The quantitative estimate of drug-likeness (QED) is 0.685. The van der Waals surface area contributed by atoms with E-state index in [-0.39, 0.29) is 18.0 Å². The lowest BCUT2D eigenvalue weighted by atomic mass is 9.66. The smallest absolute Gasteiger partial charge is 0.309 e. The predicted octanol–water partition coefficient (Wildman–Crippen LogP) is 3.54. The highest BCUT2D eigenvalue weighted by Crippen LogP contribution is 2.48. The number of carbonyl (C=O) groups excluding carboxylic acids is 1. The normalized spacial score (nSPS) is 42.9. The molecule has 2 aliphatic rings. The molecule has 1 saturated carbocycles. The molecule has 1 saturated heterocycles. The molecule has 92 valence electrons. The molecule has 0 aromatic rings. The maximum atomic E-state index is 11.5. The topological polar surface area (TPSA) is 26.3 Å². The molecule has 0 radical (unpaired) electrons. The van der Waals surface area contributed by atoms with Gasteiger partial charge in [0, 0.05) is 5.92 Å². The molecule has 16 heavy (non-hydrogen) atoms. The van der Waals surface area contributed by atoms with Gasteiger partial charge in [-0.25, -0.2) is 0 Å². The largest absolute Gasteiger partial charge is 0.462 e. The maximum Gasteiger partial charge on any atom is 0.309 e. The molecule has 2 nitrogen and oxygen atoms in total. The lowest BCUT2D eigenvalue weighted by molar-refractivity contribution is -0.145. The molecule has 2 unspecified atom stereocenters. The van der Waals surface area contributed by atoms with E-state index in [1.807, 2.05) is 6.92 Å². The number of hydrogen-bond acceptors (Lipinski definition) is 2. The molecule has 1 heterocycles. The molecule has 1 aliphatic carbocycles. The fourth-order valence-corrected chi connectivity index (χ4v) is 3.40. The first kappa shape index (κ1) is 11.9. The minimum atomic E-state index is 0.0368. The maximum absolute atomic E-state index is 11.5. The van der Waals surface area contributed by atoms with Gasteiger partial charge in [0.25, 0.3) is 0 Å². The third kappa shape index (κ3) is 2.11. The molecule has 2 fully saturated rings. The molecule has 2 rings (SSSR count). The van der Waals surface area contributed by atoms with Gasteiger partial charge in [-0.3, -0.25) is 4.79 Å². The SMILES string of the molecule is CCCCC1(C)CC[C@@H]2C(C)C(=O)O[C@@H]2C1. The molecular formula is C14H24O2. The summed E-state index contributed by atoms with van der Waals surface area (Å²) in [7, 11) is 0. The molecule has 0 aromatic heterocycles. The van der Waals surface area contributed by atoms with Crippen molar-refractivity contribution in [2.75, 3.05) is 0 Å². The second kappa shape index (κ2) is 4.38. The van der Waals surface area contributed by atoms with E-state index in [9.17, 15) is 4.79 Å². The zero-order valence-electron chi connectivity index (χ0n) is 10.8. The molecule has 0 amide bonds. The van der Waals surface area contributed by atoms with Crippen LogP contribution in [0.15, 0.2) is 0 Å². The zero-order chi connectivity index (χ0) is 11.8. The second-order valence-corrected chi connectivity index (χ2v) is 6.08. The average Bonchev–Trinajstić information content (AvgIpc) is 2.51. The van der Waals surface area contributed by atoms with Gasteiger partial charge in [-0.1, -0.05) is 33.6 Å². The van der Waals surface area contributed by atoms with E-state index >= 15 is 0 Å². The number of fused-ring (bicyclic) bond motifs is 1. The first-order chi connectivity index (χ1) is 7.56. The van der Waals surface area contributed by atoms with Crippen LogP contribution in [-0.4, -0.2) is 12.1 Å². The average molecular weight is 224 g/mol. The third-order valence-electron chi connectivity index (χ3n) is 4.67. The Balaban J connectivity index is 1.98. The molecular weight excluding hydrogens is 200 g/mol. The summed E-state index contributed by atoms with van der Waals surface area (Å²) in [5.41, 5.74) is 0.418. The third-order valence-corrected chi connectivity index (χ3v) is 4.67. The zero-order valence-corrected chi connectivity index (χ0v) is 10.8. The fraction of sp³-hybridized carbons (Fsp3) is 0.929. The van der Waals surface area contributed by atoms with Crippen LogP contribution < -0.4 is 0 Å². The van der Waals surface area contributed by atoms with Gasteiger partial charge in [0.1, 0.15) is 6.10 Å². The number of carbonyl (C=O) groups is 1.